The second-order valence-electron chi connectivity index (χ2n) is 10.5. The van der Waals surface area contributed by atoms with E-state index in [1.807, 2.05) is 55.5 Å². The van der Waals surface area contributed by atoms with Crippen LogP contribution in [-0.2, 0) is 32.6 Å². The molecule has 7 nitrogen and oxygen atoms in total. The Kier molecular flexibility index (Phi) is 9.87. The van der Waals surface area contributed by atoms with E-state index >= 15 is 0 Å². The molecule has 1 N–H and O–H groups in total. The largest absolute Gasteiger partial charge is 0.352 e. The van der Waals surface area contributed by atoms with Gasteiger partial charge in [0.05, 0.1) is 11.9 Å². The number of aryl methyl sites for hydroxylation is 1. The van der Waals surface area contributed by atoms with E-state index in [0.29, 0.717) is 17.1 Å². The van der Waals surface area contributed by atoms with Gasteiger partial charge < -0.3 is 10.2 Å². The number of nitrogens with zero attached hydrogens (tertiary/aromatic N) is 2. The van der Waals surface area contributed by atoms with Gasteiger partial charge in [0.2, 0.25) is 21.8 Å². The summed E-state index contributed by atoms with van der Waals surface area (Å²) in [5, 5.41) is 3.73. The number of rotatable bonds is 11. The van der Waals surface area contributed by atoms with E-state index in [4.69, 9.17) is 11.6 Å². The first-order valence-corrected chi connectivity index (χ1v) is 15.8. The van der Waals surface area contributed by atoms with Gasteiger partial charge in [-0.25, -0.2) is 8.42 Å². The summed E-state index contributed by atoms with van der Waals surface area (Å²) in [6.07, 6.45) is 5.31. The fourth-order valence-corrected chi connectivity index (χ4v) is 6.07. The molecule has 0 bridgehead atoms. The van der Waals surface area contributed by atoms with Crippen LogP contribution in [0.1, 0.15) is 42.4 Å². The summed E-state index contributed by atoms with van der Waals surface area (Å²) in [6.45, 7) is 1.55. The standard InChI is InChI=1S/C31H36ClN3O4S/c1-23-9-8-14-28(19-23)35(40(2,38)39)22-30(36)34(21-25-15-17-26(32)18-16-25)29(20-24-10-4-3-5-11-24)31(37)33-27-12-6-7-13-27/h3-5,8-11,14-19,27,29H,6-7,12-13,20-22H2,1-2H3,(H,33,37)/t29-/m0/s1. The van der Waals surface area contributed by atoms with Gasteiger partial charge in [-0.05, 0) is 60.7 Å². The number of hydrogen-bond acceptors (Lipinski definition) is 4. The Labute approximate surface area is 242 Å². The number of amides is 2. The van der Waals surface area contributed by atoms with Gasteiger partial charge in [0.15, 0.2) is 0 Å². The minimum atomic E-state index is -3.80. The van der Waals surface area contributed by atoms with Crippen molar-refractivity contribution in [2.45, 2.75) is 57.7 Å². The maximum Gasteiger partial charge on any atom is 0.244 e. The highest BCUT2D eigenvalue weighted by atomic mass is 35.5. The molecule has 0 radical (unpaired) electrons. The maximum atomic E-state index is 14.1. The van der Waals surface area contributed by atoms with E-state index in [-0.39, 0.29) is 18.5 Å². The van der Waals surface area contributed by atoms with Gasteiger partial charge in [-0.2, -0.15) is 0 Å². The third-order valence-corrected chi connectivity index (χ3v) is 8.60. The average molecular weight is 582 g/mol. The third-order valence-electron chi connectivity index (χ3n) is 7.21. The van der Waals surface area contributed by atoms with E-state index in [2.05, 4.69) is 5.32 Å². The Balaban J connectivity index is 1.72. The Morgan fingerprint density at radius 2 is 1.62 bits per heavy atom. The van der Waals surface area contributed by atoms with Gasteiger partial charge in [-0.15, -0.1) is 0 Å². The predicted molar refractivity (Wildman–Crippen MR) is 160 cm³/mol. The highest BCUT2D eigenvalue weighted by molar-refractivity contribution is 7.92. The van der Waals surface area contributed by atoms with Gasteiger partial charge in [0, 0.05) is 24.0 Å². The molecule has 0 heterocycles. The van der Waals surface area contributed by atoms with Crippen molar-refractivity contribution in [2.75, 3.05) is 17.1 Å². The molecule has 1 aliphatic rings. The number of carbonyl (C=O) groups excluding carboxylic acids is 2. The van der Waals surface area contributed by atoms with Crippen LogP contribution in [0.2, 0.25) is 5.02 Å². The lowest BCUT2D eigenvalue weighted by atomic mass is 10.0. The molecular weight excluding hydrogens is 546 g/mol. The molecule has 1 aliphatic carbocycles. The normalized spacial score (nSPS) is 14.5. The fourth-order valence-electron chi connectivity index (χ4n) is 5.10. The number of nitrogens with one attached hydrogen (secondary N) is 1. The zero-order valence-electron chi connectivity index (χ0n) is 22.9. The van der Waals surface area contributed by atoms with Crippen molar-refractivity contribution in [2.24, 2.45) is 0 Å². The van der Waals surface area contributed by atoms with Crippen LogP contribution in [0.3, 0.4) is 0 Å². The van der Waals surface area contributed by atoms with Crippen molar-refractivity contribution in [3.8, 4) is 0 Å². The number of benzene rings is 3. The Hall–Kier alpha value is -3.36. The van der Waals surface area contributed by atoms with Crippen molar-refractivity contribution in [3.63, 3.8) is 0 Å². The van der Waals surface area contributed by atoms with Gasteiger partial charge in [-0.3, -0.25) is 13.9 Å². The van der Waals surface area contributed by atoms with Crippen LogP contribution in [0.4, 0.5) is 5.69 Å². The van der Waals surface area contributed by atoms with Gasteiger partial charge in [0.1, 0.15) is 12.6 Å². The molecule has 1 fully saturated rings. The van der Waals surface area contributed by atoms with Crippen LogP contribution in [0.5, 0.6) is 0 Å². The van der Waals surface area contributed by atoms with Crippen molar-refractivity contribution >= 4 is 39.1 Å². The molecule has 0 aromatic heterocycles. The lowest BCUT2D eigenvalue weighted by Crippen LogP contribution is -2.54. The van der Waals surface area contributed by atoms with Crippen LogP contribution in [0.15, 0.2) is 78.9 Å². The number of hydrogen-bond donors (Lipinski definition) is 1. The summed E-state index contributed by atoms with van der Waals surface area (Å²) in [5.74, 6) is -0.705. The van der Waals surface area contributed by atoms with Crippen LogP contribution < -0.4 is 9.62 Å². The summed E-state index contributed by atoms with van der Waals surface area (Å²) in [7, 11) is -3.80. The second kappa shape index (κ2) is 13.3. The summed E-state index contributed by atoms with van der Waals surface area (Å²) in [4.78, 5) is 29.5. The smallest absolute Gasteiger partial charge is 0.244 e. The Morgan fingerprint density at radius 3 is 2.25 bits per heavy atom. The summed E-state index contributed by atoms with van der Waals surface area (Å²) < 4.78 is 26.9. The molecule has 3 aromatic carbocycles. The molecule has 2 amide bonds. The van der Waals surface area contributed by atoms with E-state index in [9.17, 15) is 18.0 Å². The van der Waals surface area contributed by atoms with E-state index < -0.39 is 28.5 Å². The number of sulfonamides is 1. The van der Waals surface area contributed by atoms with Crippen molar-refractivity contribution in [1.29, 1.82) is 0 Å². The highest BCUT2D eigenvalue weighted by Gasteiger charge is 2.34. The van der Waals surface area contributed by atoms with Crippen LogP contribution in [-0.4, -0.2) is 50.0 Å². The first-order chi connectivity index (χ1) is 19.1. The molecule has 4 rings (SSSR count). The molecule has 212 valence electrons. The number of halogens is 1. The first kappa shape index (κ1) is 29.6. The van der Waals surface area contributed by atoms with Crippen LogP contribution in [0, 0.1) is 6.92 Å². The van der Waals surface area contributed by atoms with Gasteiger partial charge >= 0.3 is 0 Å². The minimum absolute atomic E-state index is 0.0677. The molecule has 0 unspecified atom stereocenters. The van der Waals surface area contributed by atoms with Crippen LogP contribution in [0.25, 0.3) is 0 Å². The van der Waals surface area contributed by atoms with Crippen LogP contribution >= 0.6 is 11.6 Å². The zero-order valence-corrected chi connectivity index (χ0v) is 24.5. The first-order valence-electron chi connectivity index (χ1n) is 13.5. The average Bonchev–Trinajstić information content (AvgIpc) is 3.43. The van der Waals surface area contributed by atoms with Crippen molar-refractivity contribution < 1.29 is 18.0 Å². The second-order valence-corrected chi connectivity index (χ2v) is 12.8. The summed E-state index contributed by atoms with van der Waals surface area (Å²) in [6, 6.07) is 22.9. The topological polar surface area (TPSA) is 86.8 Å². The highest BCUT2D eigenvalue weighted by Crippen LogP contribution is 2.23. The molecule has 40 heavy (non-hydrogen) atoms. The number of carbonyl (C=O) groups is 2. The molecule has 0 aliphatic heterocycles. The molecule has 0 saturated heterocycles. The van der Waals surface area contributed by atoms with Crippen molar-refractivity contribution in [1.82, 2.24) is 10.2 Å². The summed E-state index contributed by atoms with van der Waals surface area (Å²) in [5.41, 5.74) is 2.96. The fraction of sp³-hybridized carbons (Fsp3) is 0.355. The Bertz CT molecular complexity index is 1410. The van der Waals surface area contributed by atoms with Gasteiger partial charge in [-0.1, -0.05) is 79.0 Å². The summed E-state index contributed by atoms with van der Waals surface area (Å²) >= 11 is 6.11. The zero-order chi connectivity index (χ0) is 28.7. The van der Waals surface area contributed by atoms with E-state index in [0.717, 1.165) is 52.9 Å². The predicted octanol–water partition coefficient (Wildman–Crippen LogP) is 5.11. The molecule has 1 saturated carbocycles. The quantitative estimate of drug-likeness (QED) is 0.341. The monoisotopic (exact) mass is 581 g/mol. The van der Waals surface area contributed by atoms with E-state index in [1.165, 1.54) is 4.90 Å². The Morgan fingerprint density at radius 1 is 0.950 bits per heavy atom. The lowest BCUT2D eigenvalue weighted by Gasteiger charge is -2.34. The lowest BCUT2D eigenvalue weighted by molar-refractivity contribution is -0.140. The minimum Gasteiger partial charge on any atom is -0.352 e. The van der Waals surface area contributed by atoms with Crippen molar-refractivity contribution in [3.05, 3.63) is 101 Å². The SMILES string of the molecule is Cc1cccc(N(CC(=O)N(Cc2ccc(Cl)cc2)[C@@H](Cc2ccccc2)C(=O)NC2CCCC2)S(C)(=O)=O)c1. The number of anilines is 1. The molecule has 3 aromatic rings. The third kappa shape index (κ3) is 8.08. The molecule has 0 spiro atoms. The molecule has 1 atom stereocenters. The van der Waals surface area contributed by atoms with E-state index in [1.54, 1.807) is 30.3 Å². The molecular formula is C31H36ClN3O4S. The molecule has 9 heteroatoms. The van der Waals surface area contributed by atoms with Gasteiger partial charge in [0.25, 0.3) is 0 Å². The maximum absolute atomic E-state index is 14.1.